The first-order chi connectivity index (χ1) is 16.9. The van der Waals surface area contributed by atoms with Crippen LogP contribution < -0.4 is 15.6 Å². The predicted octanol–water partition coefficient (Wildman–Crippen LogP) is 5.76. The van der Waals surface area contributed by atoms with Crippen molar-refractivity contribution in [2.45, 2.75) is 13.8 Å². The van der Waals surface area contributed by atoms with E-state index in [1.165, 1.54) is 6.21 Å². The van der Waals surface area contributed by atoms with Crippen molar-refractivity contribution in [1.29, 1.82) is 0 Å². The van der Waals surface area contributed by atoms with Crippen LogP contribution in [0.4, 0.5) is 5.69 Å². The minimum absolute atomic E-state index is 0.0498. The van der Waals surface area contributed by atoms with E-state index in [4.69, 9.17) is 23.2 Å². The molecule has 6 nitrogen and oxygen atoms in total. The van der Waals surface area contributed by atoms with E-state index < -0.39 is 11.8 Å². The fraction of sp³-hybridized carbons (Fsp3) is 0.148. The topological polar surface area (TPSA) is 73.8 Å². The van der Waals surface area contributed by atoms with Gasteiger partial charge in [0.15, 0.2) is 0 Å². The number of hydrogen-bond acceptors (Lipinski definition) is 4. The molecule has 8 heteroatoms. The molecule has 0 bridgehead atoms. The monoisotopic (exact) mass is 508 g/mol. The molecule has 0 heterocycles. The van der Waals surface area contributed by atoms with Gasteiger partial charge >= 0.3 is 0 Å². The lowest BCUT2D eigenvalue weighted by Crippen LogP contribution is -2.32. The Bertz CT molecular complexity index is 1220. The van der Waals surface area contributed by atoms with Gasteiger partial charge in [-0.3, -0.25) is 9.59 Å². The van der Waals surface area contributed by atoms with E-state index in [0.717, 1.165) is 24.3 Å². The highest BCUT2D eigenvalue weighted by Crippen LogP contribution is 2.19. The third kappa shape index (κ3) is 7.44. The van der Waals surface area contributed by atoms with Gasteiger partial charge in [0.2, 0.25) is 0 Å². The molecule has 0 fully saturated rings. The van der Waals surface area contributed by atoms with Crippen LogP contribution in [0.25, 0.3) is 6.08 Å². The second-order valence-electron chi connectivity index (χ2n) is 7.51. The normalized spacial score (nSPS) is 11.4. The third-order valence-electron chi connectivity index (χ3n) is 5.19. The van der Waals surface area contributed by atoms with Crippen LogP contribution in [0.3, 0.4) is 0 Å². The fourth-order valence-corrected chi connectivity index (χ4v) is 3.76. The van der Waals surface area contributed by atoms with Crippen LogP contribution >= 0.6 is 23.2 Å². The molecule has 35 heavy (non-hydrogen) atoms. The summed E-state index contributed by atoms with van der Waals surface area (Å²) in [4.78, 5) is 27.9. The van der Waals surface area contributed by atoms with Crippen LogP contribution in [0.2, 0.25) is 10.0 Å². The molecule has 3 rings (SSSR count). The first-order valence-corrected chi connectivity index (χ1v) is 11.9. The molecule has 0 saturated carbocycles. The molecule has 2 amide bonds. The molecule has 3 aromatic rings. The lowest BCUT2D eigenvalue weighted by molar-refractivity contribution is -0.117. The first kappa shape index (κ1) is 26.0. The minimum Gasteiger partial charge on any atom is -0.372 e. The maximum absolute atomic E-state index is 12.9. The average molecular weight is 509 g/mol. The lowest BCUT2D eigenvalue weighted by atomic mass is 10.1. The summed E-state index contributed by atoms with van der Waals surface area (Å²) in [7, 11) is 0. The Morgan fingerprint density at radius 2 is 1.63 bits per heavy atom. The Hall–Kier alpha value is -3.61. The largest absolute Gasteiger partial charge is 0.372 e. The Morgan fingerprint density at radius 3 is 2.26 bits per heavy atom. The average Bonchev–Trinajstić information content (AvgIpc) is 2.87. The highest BCUT2D eigenvalue weighted by Gasteiger charge is 2.14. The van der Waals surface area contributed by atoms with E-state index in [9.17, 15) is 9.59 Å². The summed E-state index contributed by atoms with van der Waals surface area (Å²) in [5.74, 6) is -0.986. The molecule has 3 aromatic carbocycles. The molecule has 0 aromatic heterocycles. The van der Waals surface area contributed by atoms with E-state index >= 15 is 0 Å². The summed E-state index contributed by atoms with van der Waals surface area (Å²) in [6.07, 6.45) is 3.01. The molecule has 180 valence electrons. The third-order valence-corrected chi connectivity index (χ3v) is 5.76. The lowest BCUT2D eigenvalue weighted by Gasteiger charge is -2.20. The Labute approximate surface area is 215 Å². The number of benzene rings is 3. The van der Waals surface area contributed by atoms with Gasteiger partial charge in [0, 0.05) is 34.9 Å². The van der Waals surface area contributed by atoms with Crippen molar-refractivity contribution in [2.24, 2.45) is 5.10 Å². The molecule has 0 radical (unpaired) electrons. The summed E-state index contributed by atoms with van der Waals surface area (Å²) in [5, 5.41) is 7.57. The second kappa shape index (κ2) is 12.7. The number of nitrogens with one attached hydrogen (secondary N) is 2. The number of carbonyl (C=O) groups excluding carboxylic acids is 2. The van der Waals surface area contributed by atoms with Crippen molar-refractivity contribution in [1.82, 2.24) is 10.7 Å². The maximum atomic E-state index is 12.9. The highest BCUT2D eigenvalue weighted by atomic mass is 35.5. The smallest absolute Gasteiger partial charge is 0.287 e. The number of anilines is 1. The number of hydrazone groups is 1. The van der Waals surface area contributed by atoms with Crippen LogP contribution in [0.15, 0.2) is 83.6 Å². The summed E-state index contributed by atoms with van der Waals surface area (Å²) < 4.78 is 0. The van der Waals surface area contributed by atoms with Crippen LogP contribution in [-0.4, -0.2) is 31.1 Å². The zero-order valence-electron chi connectivity index (χ0n) is 19.5. The van der Waals surface area contributed by atoms with Crippen molar-refractivity contribution in [3.05, 3.63) is 105 Å². The molecule has 0 saturated heterocycles. The zero-order chi connectivity index (χ0) is 25.2. The van der Waals surface area contributed by atoms with Crippen molar-refractivity contribution >= 4 is 53.0 Å². The van der Waals surface area contributed by atoms with E-state index in [1.807, 2.05) is 30.3 Å². The quantitative estimate of drug-likeness (QED) is 0.219. The van der Waals surface area contributed by atoms with E-state index in [0.29, 0.717) is 21.2 Å². The summed E-state index contributed by atoms with van der Waals surface area (Å²) >= 11 is 12.1. The zero-order valence-corrected chi connectivity index (χ0v) is 21.0. The molecular formula is C27H26Cl2N4O2. The molecular weight excluding hydrogens is 483 g/mol. The first-order valence-electron chi connectivity index (χ1n) is 11.1. The van der Waals surface area contributed by atoms with Gasteiger partial charge in [-0.15, -0.1) is 0 Å². The van der Waals surface area contributed by atoms with Gasteiger partial charge in [0.25, 0.3) is 11.8 Å². The van der Waals surface area contributed by atoms with Crippen molar-refractivity contribution < 1.29 is 9.59 Å². The molecule has 0 atom stereocenters. The highest BCUT2D eigenvalue weighted by molar-refractivity contribution is 6.36. The molecule has 0 aliphatic rings. The van der Waals surface area contributed by atoms with Crippen LogP contribution in [0.1, 0.15) is 35.3 Å². The Balaban J connectivity index is 1.83. The van der Waals surface area contributed by atoms with Crippen LogP contribution in [0, 0.1) is 0 Å². The fourth-order valence-electron chi connectivity index (χ4n) is 3.31. The van der Waals surface area contributed by atoms with Crippen LogP contribution in [0.5, 0.6) is 0 Å². The summed E-state index contributed by atoms with van der Waals surface area (Å²) in [6.45, 7) is 5.97. The number of amides is 2. The summed E-state index contributed by atoms with van der Waals surface area (Å²) in [6, 6.07) is 21.4. The van der Waals surface area contributed by atoms with Gasteiger partial charge in [-0.2, -0.15) is 5.10 Å². The number of halogens is 2. The van der Waals surface area contributed by atoms with Gasteiger partial charge < -0.3 is 10.2 Å². The van der Waals surface area contributed by atoms with Gasteiger partial charge in [-0.05, 0) is 61.9 Å². The SMILES string of the molecule is CCN(CC)c1ccc(/C=C(/NC(=O)c2ccccc2)C(=O)N/N=C/c2ccc(Cl)cc2Cl)cc1. The van der Waals surface area contributed by atoms with Crippen molar-refractivity contribution in [2.75, 3.05) is 18.0 Å². The van der Waals surface area contributed by atoms with Gasteiger partial charge in [0.05, 0.1) is 11.2 Å². The summed E-state index contributed by atoms with van der Waals surface area (Å²) in [5.41, 5.74) is 5.34. The van der Waals surface area contributed by atoms with E-state index in [-0.39, 0.29) is 5.70 Å². The number of hydrogen-bond donors (Lipinski definition) is 2. The predicted molar refractivity (Wildman–Crippen MR) is 144 cm³/mol. The van der Waals surface area contributed by atoms with Gasteiger partial charge in [-0.25, -0.2) is 5.43 Å². The molecule has 0 unspecified atom stereocenters. The number of rotatable bonds is 9. The van der Waals surface area contributed by atoms with E-state index in [2.05, 4.69) is 34.6 Å². The molecule has 0 spiro atoms. The van der Waals surface area contributed by atoms with Crippen LogP contribution in [-0.2, 0) is 4.79 Å². The molecule has 0 aliphatic heterocycles. The molecule has 2 N–H and O–H groups in total. The second-order valence-corrected chi connectivity index (χ2v) is 8.35. The minimum atomic E-state index is -0.580. The van der Waals surface area contributed by atoms with Crippen molar-refractivity contribution in [3.63, 3.8) is 0 Å². The van der Waals surface area contributed by atoms with Gasteiger partial charge in [0.1, 0.15) is 5.70 Å². The van der Waals surface area contributed by atoms with E-state index in [1.54, 1.807) is 48.5 Å². The van der Waals surface area contributed by atoms with Gasteiger partial charge in [-0.1, -0.05) is 59.6 Å². The Morgan fingerprint density at radius 1 is 0.943 bits per heavy atom. The maximum Gasteiger partial charge on any atom is 0.287 e. The molecule has 0 aliphatic carbocycles. The van der Waals surface area contributed by atoms with Crippen molar-refractivity contribution in [3.8, 4) is 0 Å². The number of nitrogens with zero attached hydrogens (tertiary/aromatic N) is 2. The Kier molecular flexibility index (Phi) is 9.47. The standard InChI is InChI=1S/C27H26Cl2N4O2/c1-3-33(4-2)23-14-10-19(11-15-23)16-25(31-26(34)20-8-6-5-7-9-20)27(35)32-30-18-21-12-13-22(28)17-24(21)29/h5-18H,3-4H2,1-2H3,(H,31,34)(H,32,35)/b25-16+,30-18+. The number of carbonyl (C=O) groups is 2.